The maximum absolute atomic E-state index is 12.0. The standard InChI is InChI=1S/C15H17NO5/c1-20-10-13(17)12-7-8-16(14(12)18)15(19)21-9-11-5-3-2-4-6-11/h2-6,12H,7-10H2,1H3. The summed E-state index contributed by atoms with van der Waals surface area (Å²) in [7, 11) is 1.39. The Morgan fingerprint density at radius 1 is 1.29 bits per heavy atom. The molecule has 0 saturated carbocycles. The lowest BCUT2D eigenvalue weighted by molar-refractivity contribution is -0.137. The number of methoxy groups -OCH3 is 1. The maximum Gasteiger partial charge on any atom is 0.416 e. The molecule has 1 unspecified atom stereocenters. The van der Waals surface area contributed by atoms with Crippen molar-refractivity contribution < 1.29 is 23.9 Å². The molecule has 1 fully saturated rings. The van der Waals surface area contributed by atoms with Crippen LogP contribution in [-0.2, 0) is 25.7 Å². The van der Waals surface area contributed by atoms with Crippen LogP contribution in [0.4, 0.5) is 4.79 Å². The quantitative estimate of drug-likeness (QED) is 0.766. The number of carbonyl (C=O) groups excluding carboxylic acids is 3. The Hall–Kier alpha value is -2.21. The molecule has 1 heterocycles. The third kappa shape index (κ3) is 3.66. The van der Waals surface area contributed by atoms with E-state index in [4.69, 9.17) is 9.47 Å². The number of hydrogen-bond donors (Lipinski definition) is 0. The molecule has 0 radical (unpaired) electrons. The van der Waals surface area contributed by atoms with Crippen LogP contribution in [0.15, 0.2) is 30.3 Å². The summed E-state index contributed by atoms with van der Waals surface area (Å²) in [6.07, 6.45) is -0.391. The van der Waals surface area contributed by atoms with Gasteiger partial charge in [-0.15, -0.1) is 0 Å². The van der Waals surface area contributed by atoms with Gasteiger partial charge in [-0.1, -0.05) is 30.3 Å². The van der Waals surface area contributed by atoms with Gasteiger partial charge in [0.1, 0.15) is 19.1 Å². The van der Waals surface area contributed by atoms with Crippen LogP contribution in [0.1, 0.15) is 12.0 Å². The van der Waals surface area contributed by atoms with Crippen LogP contribution in [0.25, 0.3) is 0 Å². The van der Waals surface area contributed by atoms with Crippen LogP contribution >= 0.6 is 0 Å². The molecule has 0 spiro atoms. The van der Waals surface area contributed by atoms with Crippen LogP contribution in [0.3, 0.4) is 0 Å². The molecule has 0 aliphatic carbocycles. The van der Waals surface area contributed by atoms with Crippen molar-refractivity contribution >= 4 is 17.8 Å². The molecule has 0 N–H and O–H groups in total. The summed E-state index contributed by atoms with van der Waals surface area (Å²) in [5.41, 5.74) is 0.838. The number of hydrogen-bond acceptors (Lipinski definition) is 5. The Morgan fingerprint density at radius 2 is 2.00 bits per heavy atom. The average Bonchev–Trinajstić information content (AvgIpc) is 2.88. The first-order valence-electron chi connectivity index (χ1n) is 6.67. The summed E-state index contributed by atoms with van der Waals surface area (Å²) in [5.74, 6) is -1.61. The van der Waals surface area contributed by atoms with Crippen molar-refractivity contribution in [1.82, 2.24) is 4.90 Å². The molecule has 1 aromatic rings. The zero-order chi connectivity index (χ0) is 15.2. The molecule has 0 aromatic heterocycles. The second-order valence-electron chi connectivity index (χ2n) is 4.77. The number of ketones is 1. The predicted molar refractivity (Wildman–Crippen MR) is 73.3 cm³/mol. The molecule has 6 nitrogen and oxygen atoms in total. The van der Waals surface area contributed by atoms with Crippen LogP contribution < -0.4 is 0 Å². The minimum atomic E-state index is -0.797. The molecule has 0 bridgehead atoms. The first-order chi connectivity index (χ1) is 10.1. The Bertz CT molecular complexity index is 528. The van der Waals surface area contributed by atoms with Gasteiger partial charge in [-0.25, -0.2) is 9.69 Å². The summed E-state index contributed by atoms with van der Waals surface area (Å²) in [6, 6.07) is 9.18. The van der Waals surface area contributed by atoms with Crippen LogP contribution in [0, 0.1) is 5.92 Å². The second kappa shape index (κ2) is 6.99. The van der Waals surface area contributed by atoms with Gasteiger partial charge < -0.3 is 9.47 Å². The Labute approximate surface area is 122 Å². The number of amides is 2. The number of imide groups is 1. The summed E-state index contributed by atoms with van der Waals surface area (Å²) < 4.78 is 9.82. The molecule has 2 amide bonds. The summed E-state index contributed by atoms with van der Waals surface area (Å²) >= 11 is 0. The van der Waals surface area contributed by atoms with E-state index < -0.39 is 17.9 Å². The Balaban J connectivity index is 1.89. The van der Waals surface area contributed by atoms with E-state index in [1.165, 1.54) is 7.11 Å². The fourth-order valence-electron chi connectivity index (χ4n) is 2.20. The van der Waals surface area contributed by atoms with E-state index in [2.05, 4.69) is 0 Å². The second-order valence-corrected chi connectivity index (χ2v) is 4.77. The number of carbonyl (C=O) groups is 3. The topological polar surface area (TPSA) is 72.9 Å². The highest BCUT2D eigenvalue weighted by Gasteiger charge is 2.40. The lowest BCUT2D eigenvalue weighted by atomic mass is 10.0. The van der Waals surface area contributed by atoms with E-state index in [1.807, 2.05) is 30.3 Å². The smallest absolute Gasteiger partial charge is 0.416 e. The minimum Gasteiger partial charge on any atom is -0.444 e. The van der Waals surface area contributed by atoms with E-state index in [0.717, 1.165) is 10.5 Å². The summed E-state index contributed by atoms with van der Waals surface area (Å²) in [6.45, 7) is 0.177. The van der Waals surface area contributed by atoms with Crippen molar-refractivity contribution in [2.45, 2.75) is 13.0 Å². The zero-order valence-corrected chi connectivity index (χ0v) is 11.8. The lowest BCUT2D eigenvalue weighted by Gasteiger charge is -2.14. The van der Waals surface area contributed by atoms with Gasteiger partial charge in [-0.05, 0) is 12.0 Å². The highest BCUT2D eigenvalue weighted by Crippen LogP contribution is 2.20. The van der Waals surface area contributed by atoms with E-state index in [0.29, 0.717) is 6.42 Å². The monoisotopic (exact) mass is 291 g/mol. The van der Waals surface area contributed by atoms with Crippen molar-refractivity contribution in [1.29, 1.82) is 0 Å². The molecule has 1 aromatic carbocycles. The van der Waals surface area contributed by atoms with Crippen LogP contribution in [-0.4, -0.2) is 42.9 Å². The lowest BCUT2D eigenvalue weighted by Crippen LogP contribution is -2.36. The van der Waals surface area contributed by atoms with E-state index in [-0.39, 0.29) is 25.5 Å². The van der Waals surface area contributed by atoms with Crippen LogP contribution in [0.5, 0.6) is 0 Å². The summed E-state index contributed by atoms with van der Waals surface area (Å²) in [4.78, 5) is 36.6. The Kier molecular flexibility index (Phi) is 5.05. The maximum atomic E-state index is 12.0. The first-order valence-corrected chi connectivity index (χ1v) is 6.67. The molecule has 21 heavy (non-hydrogen) atoms. The number of benzene rings is 1. The zero-order valence-electron chi connectivity index (χ0n) is 11.8. The van der Waals surface area contributed by atoms with Gasteiger partial charge in [0.15, 0.2) is 5.78 Å². The highest BCUT2D eigenvalue weighted by atomic mass is 16.6. The normalized spacial score (nSPS) is 17.9. The molecule has 112 valence electrons. The fraction of sp³-hybridized carbons (Fsp3) is 0.400. The van der Waals surface area contributed by atoms with Crippen molar-refractivity contribution in [2.75, 3.05) is 20.3 Å². The molecule has 2 rings (SSSR count). The number of nitrogens with zero attached hydrogens (tertiary/aromatic N) is 1. The number of ether oxygens (including phenoxy) is 2. The van der Waals surface area contributed by atoms with Crippen molar-refractivity contribution in [3.63, 3.8) is 0 Å². The predicted octanol–water partition coefficient (Wildman–Crippen LogP) is 1.39. The molecule has 1 saturated heterocycles. The molecule has 1 aliphatic heterocycles. The fourth-order valence-corrected chi connectivity index (χ4v) is 2.20. The Morgan fingerprint density at radius 3 is 2.67 bits per heavy atom. The van der Waals surface area contributed by atoms with Gasteiger partial charge >= 0.3 is 6.09 Å². The van der Waals surface area contributed by atoms with Gasteiger partial charge in [-0.2, -0.15) is 0 Å². The summed E-state index contributed by atoms with van der Waals surface area (Å²) in [5, 5.41) is 0. The largest absolute Gasteiger partial charge is 0.444 e. The molecular weight excluding hydrogens is 274 g/mol. The van der Waals surface area contributed by atoms with Crippen molar-refractivity contribution in [2.24, 2.45) is 5.92 Å². The average molecular weight is 291 g/mol. The van der Waals surface area contributed by atoms with Gasteiger partial charge in [0.2, 0.25) is 5.91 Å². The molecule has 6 heteroatoms. The van der Waals surface area contributed by atoms with E-state index in [1.54, 1.807) is 0 Å². The third-order valence-electron chi connectivity index (χ3n) is 3.31. The van der Waals surface area contributed by atoms with Crippen LogP contribution in [0.2, 0.25) is 0 Å². The van der Waals surface area contributed by atoms with Gasteiger partial charge in [0.05, 0.1) is 0 Å². The first kappa shape index (κ1) is 15.2. The van der Waals surface area contributed by atoms with E-state index >= 15 is 0 Å². The number of Topliss-reactive ketones (excluding diaryl/α,β-unsaturated/α-hetero) is 1. The third-order valence-corrected chi connectivity index (χ3v) is 3.31. The SMILES string of the molecule is COCC(=O)C1CCN(C(=O)OCc2ccccc2)C1=O. The molecular formula is C15H17NO5. The number of likely N-dealkylation sites (tertiary alicyclic amines) is 1. The van der Waals surface area contributed by atoms with Crippen molar-refractivity contribution in [3.8, 4) is 0 Å². The molecule has 1 aliphatic rings. The van der Waals surface area contributed by atoms with Crippen molar-refractivity contribution in [3.05, 3.63) is 35.9 Å². The molecule has 1 atom stereocenters. The number of rotatable bonds is 5. The minimum absolute atomic E-state index is 0.0974. The van der Waals surface area contributed by atoms with Gasteiger partial charge in [0, 0.05) is 13.7 Å². The highest BCUT2D eigenvalue weighted by molar-refractivity contribution is 6.07. The van der Waals surface area contributed by atoms with Gasteiger partial charge in [0.25, 0.3) is 0 Å². The van der Waals surface area contributed by atoms with E-state index in [9.17, 15) is 14.4 Å². The van der Waals surface area contributed by atoms with Gasteiger partial charge in [-0.3, -0.25) is 9.59 Å².